The molecule has 114 valence electrons. The van der Waals surface area contributed by atoms with E-state index in [9.17, 15) is 21.6 Å². The lowest BCUT2D eigenvalue weighted by Crippen LogP contribution is -2.16. The minimum absolute atomic E-state index is 0.0731. The van der Waals surface area contributed by atoms with Crippen molar-refractivity contribution in [3.63, 3.8) is 0 Å². The standard InChI is InChI=1S/C10H5Cl2F3N2O3S/c11-8-9(12)17-7-4(3-10(13,14)15)6(21(18,19)20)2-1-5(7)16-8/h1-2H,3H2,(H,18,19,20). The van der Waals surface area contributed by atoms with Gasteiger partial charge in [-0.2, -0.15) is 21.6 Å². The normalized spacial score (nSPS) is 12.9. The van der Waals surface area contributed by atoms with Gasteiger partial charge in [0.05, 0.1) is 22.3 Å². The molecule has 0 amide bonds. The van der Waals surface area contributed by atoms with Gasteiger partial charge in [0.2, 0.25) is 0 Å². The fourth-order valence-corrected chi connectivity index (χ4v) is 2.71. The Labute approximate surface area is 126 Å². The van der Waals surface area contributed by atoms with Crippen molar-refractivity contribution >= 4 is 44.4 Å². The molecule has 1 heterocycles. The van der Waals surface area contributed by atoms with Crippen LogP contribution in [0.15, 0.2) is 17.0 Å². The summed E-state index contributed by atoms with van der Waals surface area (Å²) in [5.41, 5.74) is -1.21. The molecule has 1 aromatic carbocycles. The molecule has 0 aliphatic rings. The Morgan fingerprint density at radius 3 is 2.24 bits per heavy atom. The van der Waals surface area contributed by atoms with Gasteiger partial charge in [-0.05, 0) is 12.1 Å². The van der Waals surface area contributed by atoms with E-state index in [4.69, 9.17) is 27.8 Å². The highest BCUT2D eigenvalue weighted by Gasteiger charge is 2.33. The van der Waals surface area contributed by atoms with Crippen molar-refractivity contribution in [1.29, 1.82) is 0 Å². The van der Waals surface area contributed by atoms with Crippen LogP contribution in [0, 0.1) is 0 Å². The van der Waals surface area contributed by atoms with Crippen molar-refractivity contribution in [3.8, 4) is 0 Å². The fourth-order valence-electron chi connectivity index (χ4n) is 1.73. The highest BCUT2D eigenvalue weighted by atomic mass is 35.5. The lowest BCUT2D eigenvalue weighted by atomic mass is 10.1. The summed E-state index contributed by atoms with van der Waals surface area (Å²) in [6.07, 6.45) is -6.34. The molecule has 1 N–H and O–H groups in total. The zero-order chi connectivity index (χ0) is 16.0. The van der Waals surface area contributed by atoms with Crippen LogP contribution in [0.5, 0.6) is 0 Å². The zero-order valence-electron chi connectivity index (χ0n) is 9.82. The fraction of sp³-hybridized carbons (Fsp3) is 0.200. The largest absolute Gasteiger partial charge is 0.393 e. The maximum Gasteiger partial charge on any atom is 0.393 e. The Bertz CT molecular complexity index is 824. The van der Waals surface area contributed by atoms with Crippen LogP contribution >= 0.6 is 23.2 Å². The van der Waals surface area contributed by atoms with Gasteiger partial charge < -0.3 is 0 Å². The highest BCUT2D eigenvalue weighted by molar-refractivity contribution is 7.85. The second-order valence-electron chi connectivity index (χ2n) is 3.98. The van der Waals surface area contributed by atoms with Crippen LogP contribution in [0.25, 0.3) is 11.0 Å². The lowest BCUT2D eigenvalue weighted by Gasteiger charge is -2.12. The molecule has 0 atom stereocenters. The third-order valence-electron chi connectivity index (χ3n) is 2.47. The first kappa shape index (κ1) is 16.2. The average Bonchev–Trinajstić information content (AvgIpc) is 2.28. The number of alkyl halides is 3. The SMILES string of the molecule is O=S(=O)(O)c1ccc2nc(Cl)c(Cl)nc2c1CC(F)(F)F. The minimum atomic E-state index is -4.86. The Hall–Kier alpha value is -1.16. The first-order chi connectivity index (χ1) is 9.49. The van der Waals surface area contributed by atoms with E-state index in [1.54, 1.807) is 0 Å². The third kappa shape index (κ3) is 3.54. The number of nitrogens with zero attached hydrogens (tertiary/aromatic N) is 2. The first-order valence-electron chi connectivity index (χ1n) is 5.18. The van der Waals surface area contributed by atoms with Gasteiger partial charge in [0.1, 0.15) is 0 Å². The molecule has 2 rings (SSSR count). The quantitative estimate of drug-likeness (QED) is 0.831. The van der Waals surface area contributed by atoms with Crippen LogP contribution < -0.4 is 0 Å². The van der Waals surface area contributed by atoms with E-state index in [1.807, 2.05) is 0 Å². The van der Waals surface area contributed by atoms with Crippen molar-refractivity contribution in [1.82, 2.24) is 9.97 Å². The number of benzene rings is 1. The molecule has 0 bridgehead atoms. The zero-order valence-corrected chi connectivity index (χ0v) is 12.1. The Morgan fingerprint density at radius 1 is 1.14 bits per heavy atom. The van der Waals surface area contributed by atoms with Gasteiger partial charge in [-0.15, -0.1) is 0 Å². The molecular formula is C10H5Cl2F3N2O3S. The summed E-state index contributed by atoms with van der Waals surface area (Å²) < 4.78 is 69.4. The predicted octanol–water partition coefficient (Wildman–Crippen LogP) is 3.29. The second kappa shape index (κ2) is 5.24. The van der Waals surface area contributed by atoms with Crippen LogP contribution in [-0.4, -0.2) is 29.1 Å². The molecule has 0 aliphatic heterocycles. The van der Waals surface area contributed by atoms with E-state index < -0.39 is 38.7 Å². The van der Waals surface area contributed by atoms with Gasteiger partial charge in [0.15, 0.2) is 10.3 Å². The first-order valence-corrected chi connectivity index (χ1v) is 7.37. The monoisotopic (exact) mass is 360 g/mol. The number of rotatable bonds is 2. The maximum atomic E-state index is 12.6. The highest BCUT2D eigenvalue weighted by Crippen LogP contribution is 2.32. The summed E-state index contributed by atoms with van der Waals surface area (Å²) in [5.74, 6) is 0. The minimum Gasteiger partial charge on any atom is -0.282 e. The van der Waals surface area contributed by atoms with Crippen LogP contribution in [0.1, 0.15) is 5.56 Å². The smallest absolute Gasteiger partial charge is 0.282 e. The molecule has 0 fully saturated rings. The van der Waals surface area contributed by atoms with E-state index in [1.165, 1.54) is 0 Å². The van der Waals surface area contributed by atoms with Crippen molar-refractivity contribution < 1.29 is 26.1 Å². The van der Waals surface area contributed by atoms with Crippen molar-refractivity contribution in [3.05, 3.63) is 28.0 Å². The predicted molar refractivity (Wildman–Crippen MR) is 69.1 cm³/mol. The number of fused-ring (bicyclic) bond motifs is 1. The van der Waals surface area contributed by atoms with Gasteiger partial charge in [0.25, 0.3) is 10.1 Å². The third-order valence-corrected chi connectivity index (χ3v) is 4.03. The van der Waals surface area contributed by atoms with E-state index in [0.717, 1.165) is 12.1 Å². The molecule has 21 heavy (non-hydrogen) atoms. The van der Waals surface area contributed by atoms with Crippen molar-refractivity contribution in [2.75, 3.05) is 0 Å². The number of aromatic nitrogens is 2. The van der Waals surface area contributed by atoms with Gasteiger partial charge in [-0.3, -0.25) is 4.55 Å². The van der Waals surface area contributed by atoms with Crippen LogP contribution in [0.3, 0.4) is 0 Å². The maximum absolute atomic E-state index is 12.6. The summed E-state index contributed by atoms with van der Waals surface area (Å²) in [7, 11) is -4.86. The Balaban J connectivity index is 2.87. The number of halogens is 5. The summed E-state index contributed by atoms with van der Waals surface area (Å²) >= 11 is 11.2. The van der Waals surface area contributed by atoms with E-state index in [-0.39, 0.29) is 15.8 Å². The van der Waals surface area contributed by atoms with E-state index in [2.05, 4.69) is 9.97 Å². The Kier molecular flexibility index (Phi) is 4.04. The van der Waals surface area contributed by atoms with Crippen LogP contribution in [0.4, 0.5) is 13.2 Å². The van der Waals surface area contributed by atoms with E-state index >= 15 is 0 Å². The van der Waals surface area contributed by atoms with Crippen molar-refractivity contribution in [2.45, 2.75) is 17.5 Å². The lowest BCUT2D eigenvalue weighted by molar-refractivity contribution is -0.127. The molecule has 5 nitrogen and oxygen atoms in total. The molecule has 1 aromatic heterocycles. The van der Waals surface area contributed by atoms with Gasteiger partial charge >= 0.3 is 6.18 Å². The molecule has 0 radical (unpaired) electrons. The van der Waals surface area contributed by atoms with Crippen molar-refractivity contribution in [2.24, 2.45) is 0 Å². The summed E-state index contributed by atoms with van der Waals surface area (Å²) in [6, 6.07) is 1.88. The topological polar surface area (TPSA) is 80.2 Å². The molecule has 11 heteroatoms. The summed E-state index contributed by atoms with van der Waals surface area (Å²) in [4.78, 5) is 6.44. The molecule has 0 saturated carbocycles. The van der Waals surface area contributed by atoms with Crippen LogP contribution in [0.2, 0.25) is 10.3 Å². The van der Waals surface area contributed by atoms with Crippen LogP contribution in [-0.2, 0) is 16.5 Å². The van der Waals surface area contributed by atoms with Gasteiger partial charge in [-0.1, -0.05) is 23.2 Å². The number of hydrogen-bond donors (Lipinski definition) is 1. The van der Waals surface area contributed by atoms with E-state index in [0.29, 0.717) is 0 Å². The molecule has 0 saturated heterocycles. The molecule has 0 unspecified atom stereocenters. The average molecular weight is 361 g/mol. The molecule has 0 aliphatic carbocycles. The molecule has 0 spiro atoms. The molecular weight excluding hydrogens is 356 g/mol. The molecule has 2 aromatic rings. The second-order valence-corrected chi connectivity index (χ2v) is 6.09. The Morgan fingerprint density at radius 2 is 1.71 bits per heavy atom. The number of hydrogen-bond acceptors (Lipinski definition) is 4. The summed E-state index contributed by atoms with van der Waals surface area (Å²) in [6.45, 7) is 0. The van der Waals surface area contributed by atoms with Gasteiger partial charge in [-0.25, -0.2) is 9.97 Å². The van der Waals surface area contributed by atoms with Gasteiger partial charge in [0, 0.05) is 5.56 Å². The summed E-state index contributed by atoms with van der Waals surface area (Å²) in [5, 5.41) is -0.609.